The number of benzene rings is 1. The van der Waals surface area contributed by atoms with Crippen LogP contribution in [-0.4, -0.2) is 46.5 Å². The molecule has 1 aromatic carbocycles. The first-order valence-corrected chi connectivity index (χ1v) is 6.65. The molecule has 0 aliphatic rings. The van der Waals surface area contributed by atoms with Gasteiger partial charge in [0.05, 0.1) is 24.0 Å². The fourth-order valence-electron chi connectivity index (χ4n) is 2.09. The zero-order valence-corrected chi connectivity index (χ0v) is 12.3. The maximum Gasteiger partial charge on any atom is 0.334 e. The maximum absolute atomic E-state index is 12.3. The third-order valence-electron chi connectivity index (χ3n) is 3.24. The van der Waals surface area contributed by atoms with Gasteiger partial charge in [-0.2, -0.15) is 5.10 Å². The molecule has 0 fully saturated rings. The van der Waals surface area contributed by atoms with Crippen molar-refractivity contribution < 1.29 is 19.4 Å². The third kappa shape index (κ3) is 3.32. The van der Waals surface area contributed by atoms with Crippen molar-refractivity contribution in [3.63, 3.8) is 0 Å². The Labute approximate surface area is 127 Å². The molecular formula is C15H17N3O4. The second kappa shape index (κ2) is 6.86. The summed E-state index contributed by atoms with van der Waals surface area (Å²) in [5.41, 5.74) is 1.91. The van der Waals surface area contributed by atoms with Crippen LogP contribution < -0.4 is 5.32 Å². The van der Waals surface area contributed by atoms with Gasteiger partial charge in [-0.1, -0.05) is 30.3 Å². The number of amides is 1. The number of carbonyl (C=O) groups is 2. The van der Waals surface area contributed by atoms with Gasteiger partial charge in [0, 0.05) is 19.7 Å². The molecule has 1 amide bonds. The van der Waals surface area contributed by atoms with Gasteiger partial charge in [-0.15, -0.1) is 0 Å². The second-order valence-corrected chi connectivity index (χ2v) is 4.67. The number of aliphatic carboxylic acids is 1. The van der Waals surface area contributed by atoms with Crippen molar-refractivity contribution in [1.29, 1.82) is 0 Å². The van der Waals surface area contributed by atoms with Crippen LogP contribution in [0.5, 0.6) is 0 Å². The SMILES string of the molecule is COC(CNC(=O)c1cnn(C)c1-c1ccccc1)C(=O)O. The summed E-state index contributed by atoms with van der Waals surface area (Å²) in [6.45, 7) is -0.117. The first kappa shape index (κ1) is 15.7. The Balaban J connectivity index is 2.20. The van der Waals surface area contributed by atoms with E-state index < -0.39 is 18.0 Å². The molecule has 1 atom stereocenters. The van der Waals surface area contributed by atoms with Crippen LogP contribution >= 0.6 is 0 Å². The number of carbonyl (C=O) groups excluding carboxylic acids is 1. The summed E-state index contributed by atoms with van der Waals surface area (Å²) in [5.74, 6) is -1.52. The molecule has 0 saturated heterocycles. The summed E-state index contributed by atoms with van der Waals surface area (Å²) in [5, 5.41) is 15.6. The van der Waals surface area contributed by atoms with Gasteiger partial charge in [0.2, 0.25) is 0 Å². The van der Waals surface area contributed by atoms with Crippen LogP contribution in [0.15, 0.2) is 36.5 Å². The van der Waals surface area contributed by atoms with E-state index >= 15 is 0 Å². The molecule has 0 bridgehead atoms. The van der Waals surface area contributed by atoms with Gasteiger partial charge in [0.15, 0.2) is 6.10 Å². The smallest absolute Gasteiger partial charge is 0.334 e. The summed E-state index contributed by atoms with van der Waals surface area (Å²) < 4.78 is 6.39. The average Bonchev–Trinajstić information content (AvgIpc) is 2.90. The molecule has 0 spiro atoms. The van der Waals surface area contributed by atoms with Gasteiger partial charge in [-0.25, -0.2) is 4.79 Å². The molecule has 2 aromatic rings. The van der Waals surface area contributed by atoms with Crippen molar-refractivity contribution >= 4 is 11.9 Å². The molecule has 2 N–H and O–H groups in total. The van der Waals surface area contributed by atoms with E-state index in [4.69, 9.17) is 9.84 Å². The number of nitrogens with zero attached hydrogens (tertiary/aromatic N) is 2. The Bertz CT molecular complexity index is 667. The molecule has 0 aliphatic heterocycles. The molecule has 0 radical (unpaired) electrons. The number of methoxy groups -OCH3 is 1. The molecule has 116 valence electrons. The lowest BCUT2D eigenvalue weighted by molar-refractivity contribution is -0.148. The van der Waals surface area contributed by atoms with Crippen LogP contribution in [0.1, 0.15) is 10.4 Å². The molecule has 0 saturated carbocycles. The molecule has 1 aromatic heterocycles. The molecule has 1 heterocycles. The van der Waals surface area contributed by atoms with E-state index in [0.717, 1.165) is 5.56 Å². The lowest BCUT2D eigenvalue weighted by Gasteiger charge is -2.12. The highest BCUT2D eigenvalue weighted by Crippen LogP contribution is 2.22. The van der Waals surface area contributed by atoms with Crippen LogP contribution in [0.3, 0.4) is 0 Å². The second-order valence-electron chi connectivity index (χ2n) is 4.67. The number of rotatable bonds is 6. The third-order valence-corrected chi connectivity index (χ3v) is 3.24. The quantitative estimate of drug-likeness (QED) is 0.827. The molecule has 2 rings (SSSR count). The first-order chi connectivity index (χ1) is 10.5. The highest BCUT2D eigenvalue weighted by Gasteiger charge is 2.21. The minimum Gasteiger partial charge on any atom is -0.479 e. The van der Waals surface area contributed by atoms with Crippen LogP contribution in [0.25, 0.3) is 11.3 Å². The van der Waals surface area contributed by atoms with Gasteiger partial charge in [0.25, 0.3) is 5.91 Å². The van der Waals surface area contributed by atoms with Crippen molar-refractivity contribution in [3.05, 3.63) is 42.1 Å². The molecule has 1 unspecified atom stereocenters. The zero-order chi connectivity index (χ0) is 16.1. The topological polar surface area (TPSA) is 93.5 Å². The standard InChI is InChI=1S/C15H17N3O4/c1-18-13(10-6-4-3-5-7-10)11(8-17-18)14(19)16-9-12(22-2)15(20)21/h3-8,12H,9H2,1-2H3,(H,16,19)(H,20,21). The van der Waals surface area contributed by atoms with E-state index in [9.17, 15) is 9.59 Å². The highest BCUT2D eigenvalue weighted by molar-refractivity contribution is 6.00. The Morgan fingerprint density at radius 3 is 2.64 bits per heavy atom. The lowest BCUT2D eigenvalue weighted by atomic mass is 10.1. The summed E-state index contributed by atoms with van der Waals surface area (Å²) in [4.78, 5) is 23.2. The van der Waals surface area contributed by atoms with E-state index in [2.05, 4.69) is 10.4 Å². The van der Waals surface area contributed by atoms with Crippen LogP contribution in [0, 0.1) is 0 Å². The van der Waals surface area contributed by atoms with Gasteiger partial charge in [-0.05, 0) is 0 Å². The van der Waals surface area contributed by atoms with Crippen molar-refractivity contribution in [2.45, 2.75) is 6.10 Å². The first-order valence-electron chi connectivity index (χ1n) is 6.65. The molecule has 0 aliphatic carbocycles. The Kier molecular flexibility index (Phi) is 4.90. The number of nitrogens with one attached hydrogen (secondary N) is 1. The van der Waals surface area contributed by atoms with E-state index in [1.54, 1.807) is 11.7 Å². The van der Waals surface area contributed by atoms with Gasteiger partial charge in [-0.3, -0.25) is 9.48 Å². The van der Waals surface area contributed by atoms with Crippen molar-refractivity contribution in [2.24, 2.45) is 7.05 Å². The lowest BCUT2D eigenvalue weighted by Crippen LogP contribution is -2.37. The monoisotopic (exact) mass is 303 g/mol. The van der Waals surface area contributed by atoms with E-state index in [-0.39, 0.29) is 6.54 Å². The number of aromatic nitrogens is 2. The van der Waals surface area contributed by atoms with Gasteiger partial charge >= 0.3 is 5.97 Å². The fourth-order valence-corrected chi connectivity index (χ4v) is 2.09. The number of hydrogen-bond acceptors (Lipinski definition) is 4. The van der Waals surface area contributed by atoms with Crippen molar-refractivity contribution in [2.75, 3.05) is 13.7 Å². The van der Waals surface area contributed by atoms with E-state index in [1.165, 1.54) is 13.3 Å². The molecule has 7 heteroatoms. The van der Waals surface area contributed by atoms with Crippen molar-refractivity contribution in [3.8, 4) is 11.3 Å². The minimum atomic E-state index is -1.13. The van der Waals surface area contributed by atoms with E-state index in [1.807, 2.05) is 30.3 Å². The van der Waals surface area contributed by atoms with Crippen LogP contribution in [-0.2, 0) is 16.6 Å². The predicted molar refractivity (Wildman–Crippen MR) is 79.4 cm³/mol. The van der Waals surface area contributed by atoms with E-state index in [0.29, 0.717) is 11.3 Å². The normalized spacial score (nSPS) is 11.9. The Morgan fingerprint density at radius 2 is 2.05 bits per heavy atom. The van der Waals surface area contributed by atoms with Gasteiger partial charge in [0.1, 0.15) is 0 Å². The largest absolute Gasteiger partial charge is 0.479 e. The van der Waals surface area contributed by atoms with Crippen molar-refractivity contribution in [1.82, 2.24) is 15.1 Å². The predicted octanol–water partition coefficient (Wildman–Crippen LogP) is 0.916. The zero-order valence-electron chi connectivity index (χ0n) is 12.3. The van der Waals surface area contributed by atoms with Crippen LogP contribution in [0.4, 0.5) is 0 Å². The maximum atomic E-state index is 12.3. The number of carboxylic acids is 1. The summed E-state index contributed by atoms with van der Waals surface area (Å²) in [6.07, 6.45) is 0.376. The average molecular weight is 303 g/mol. The summed E-state index contributed by atoms with van der Waals surface area (Å²) >= 11 is 0. The molecule has 22 heavy (non-hydrogen) atoms. The minimum absolute atomic E-state index is 0.117. The number of aryl methyl sites for hydroxylation is 1. The highest BCUT2D eigenvalue weighted by atomic mass is 16.5. The number of carboxylic acid groups (broad SMARTS) is 1. The fraction of sp³-hybridized carbons (Fsp3) is 0.267. The summed E-state index contributed by atoms with van der Waals surface area (Å²) in [6, 6.07) is 9.38. The Hall–Kier alpha value is -2.67. The summed E-state index contributed by atoms with van der Waals surface area (Å²) in [7, 11) is 3.03. The number of ether oxygens (including phenoxy) is 1. The molecular weight excluding hydrogens is 286 g/mol. The van der Waals surface area contributed by atoms with Gasteiger partial charge < -0.3 is 15.2 Å². The van der Waals surface area contributed by atoms with Crippen LogP contribution in [0.2, 0.25) is 0 Å². The number of hydrogen-bond donors (Lipinski definition) is 2. The Morgan fingerprint density at radius 1 is 1.36 bits per heavy atom. The molecule has 7 nitrogen and oxygen atoms in total.